The summed E-state index contributed by atoms with van der Waals surface area (Å²) in [7, 11) is 1.58. The largest absolute Gasteiger partial charge is 0.495 e. The maximum Gasteiger partial charge on any atom is 0.139 e. The molecule has 0 spiro atoms. The van der Waals surface area contributed by atoms with Crippen LogP contribution in [0.2, 0.25) is 5.02 Å². The third kappa shape index (κ3) is 3.42. The van der Waals surface area contributed by atoms with Crippen molar-refractivity contribution >= 4 is 56.1 Å². The van der Waals surface area contributed by atoms with Gasteiger partial charge in [-0.25, -0.2) is 0 Å². The zero-order chi connectivity index (χ0) is 14.7. The van der Waals surface area contributed by atoms with Gasteiger partial charge in [0.1, 0.15) is 10.7 Å². The highest BCUT2D eigenvalue weighted by Gasteiger charge is 2.06. The number of nitrogens with one attached hydrogen (secondary N) is 1. The van der Waals surface area contributed by atoms with Gasteiger partial charge in [0.2, 0.25) is 0 Å². The monoisotopic (exact) mass is 370 g/mol. The molecule has 2 aromatic carbocycles. The van der Waals surface area contributed by atoms with Crippen molar-refractivity contribution in [2.75, 3.05) is 12.4 Å². The number of halogens is 2. The molecule has 0 aliphatic heterocycles. The van der Waals surface area contributed by atoms with Crippen molar-refractivity contribution in [3.05, 3.63) is 51.5 Å². The molecule has 0 radical (unpaired) electrons. The Kier molecular flexibility index (Phi) is 4.86. The van der Waals surface area contributed by atoms with Crippen LogP contribution in [0.3, 0.4) is 0 Å². The molecule has 0 unspecified atom stereocenters. The van der Waals surface area contributed by atoms with Crippen LogP contribution >= 0.6 is 39.7 Å². The number of thiocarbonyl (C=S) groups is 1. The fourth-order valence-electron chi connectivity index (χ4n) is 1.70. The number of rotatable bonds is 4. The second kappa shape index (κ2) is 6.43. The summed E-state index contributed by atoms with van der Waals surface area (Å²) in [6.45, 7) is 0. The van der Waals surface area contributed by atoms with Crippen LogP contribution in [-0.2, 0) is 0 Å². The van der Waals surface area contributed by atoms with Crippen molar-refractivity contribution in [2.45, 2.75) is 0 Å². The summed E-state index contributed by atoms with van der Waals surface area (Å²) in [4.78, 5) is 0.358. The molecule has 3 N–H and O–H groups in total. The maximum atomic E-state index is 5.99. The van der Waals surface area contributed by atoms with Crippen molar-refractivity contribution in [3.63, 3.8) is 0 Å². The number of ether oxygens (including phenoxy) is 1. The number of nitrogens with two attached hydrogens (primary N) is 1. The second-order valence-corrected chi connectivity index (χ2v) is 5.73. The van der Waals surface area contributed by atoms with Crippen molar-refractivity contribution in [1.82, 2.24) is 0 Å². The van der Waals surface area contributed by atoms with Gasteiger partial charge in [-0.1, -0.05) is 23.8 Å². The Morgan fingerprint density at radius 3 is 2.50 bits per heavy atom. The van der Waals surface area contributed by atoms with E-state index in [1.165, 1.54) is 0 Å². The minimum absolute atomic E-state index is 0.358. The molecule has 2 aromatic rings. The molecule has 0 fully saturated rings. The lowest BCUT2D eigenvalue weighted by molar-refractivity contribution is 0.415. The van der Waals surface area contributed by atoms with Gasteiger partial charge in [-0.3, -0.25) is 0 Å². The normalized spacial score (nSPS) is 10.2. The van der Waals surface area contributed by atoms with E-state index in [0.717, 1.165) is 21.4 Å². The van der Waals surface area contributed by atoms with Crippen LogP contribution < -0.4 is 15.8 Å². The van der Waals surface area contributed by atoms with Gasteiger partial charge in [0.15, 0.2) is 0 Å². The van der Waals surface area contributed by atoms with Gasteiger partial charge in [-0.2, -0.15) is 0 Å². The lowest BCUT2D eigenvalue weighted by Gasteiger charge is -2.11. The number of anilines is 2. The van der Waals surface area contributed by atoms with Gasteiger partial charge in [0.05, 0.1) is 12.1 Å². The van der Waals surface area contributed by atoms with Crippen LogP contribution in [0, 0.1) is 0 Å². The zero-order valence-electron chi connectivity index (χ0n) is 10.6. The van der Waals surface area contributed by atoms with Gasteiger partial charge in [0.25, 0.3) is 0 Å². The van der Waals surface area contributed by atoms with Gasteiger partial charge >= 0.3 is 0 Å². The number of hydrogen-bond acceptors (Lipinski definition) is 3. The molecular formula is C14H12BrClN2OS. The van der Waals surface area contributed by atoms with Gasteiger partial charge in [-0.15, -0.1) is 0 Å². The summed E-state index contributed by atoms with van der Waals surface area (Å²) < 4.78 is 6.03. The summed E-state index contributed by atoms with van der Waals surface area (Å²) in [6.07, 6.45) is 0. The Balaban J connectivity index is 2.26. The molecule has 2 rings (SSSR count). The highest BCUT2D eigenvalue weighted by molar-refractivity contribution is 9.10. The van der Waals surface area contributed by atoms with E-state index in [1.54, 1.807) is 13.2 Å². The van der Waals surface area contributed by atoms with Gasteiger partial charge < -0.3 is 15.8 Å². The van der Waals surface area contributed by atoms with Gasteiger partial charge in [-0.05, 0) is 46.3 Å². The topological polar surface area (TPSA) is 47.3 Å². The van der Waals surface area contributed by atoms with E-state index in [1.807, 2.05) is 30.3 Å². The number of benzene rings is 2. The molecule has 3 nitrogen and oxygen atoms in total. The SMILES string of the molecule is COc1cc(Nc2ccc(C(N)=S)c(Br)c2)ccc1Cl. The minimum Gasteiger partial charge on any atom is -0.495 e. The molecule has 104 valence electrons. The summed E-state index contributed by atoms with van der Waals surface area (Å²) >= 11 is 14.4. The molecule has 0 atom stereocenters. The second-order valence-electron chi connectivity index (χ2n) is 4.03. The van der Waals surface area contributed by atoms with E-state index in [2.05, 4.69) is 21.2 Å². The molecule has 0 aliphatic carbocycles. The molecule has 0 saturated carbocycles. The molecule has 0 heterocycles. The first-order chi connectivity index (χ1) is 9.51. The molecule has 0 aliphatic rings. The predicted octanol–water partition coefficient (Wildman–Crippen LogP) is 4.49. The van der Waals surface area contributed by atoms with Crippen molar-refractivity contribution in [1.29, 1.82) is 0 Å². The van der Waals surface area contributed by atoms with E-state index in [-0.39, 0.29) is 0 Å². The molecule has 0 bridgehead atoms. The standard InChI is InChI=1S/C14H12BrClN2OS/c1-19-13-7-9(3-5-12(13)16)18-8-2-4-10(14(17)20)11(15)6-8/h2-7,18H,1H3,(H2,17,20). The first-order valence-electron chi connectivity index (χ1n) is 5.71. The zero-order valence-corrected chi connectivity index (χ0v) is 13.8. The quantitative estimate of drug-likeness (QED) is 0.777. The first kappa shape index (κ1) is 15.1. The van der Waals surface area contributed by atoms with Crippen LogP contribution in [0.15, 0.2) is 40.9 Å². The maximum absolute atomic E-state index is 5.99. The molecule has 0 saturated heterocycles. The van der Waals surface area contributed by atoms with Crippen LogP contribution in [0.4, 0.5) is 11.4 Å². The number of hydrogen-bond donors (Lipinski definition) is 2. The smallest absolute Gasteiger partial charge is 0.139 e. The van der Waals surface area contributed by atoms with Crippen molar-refractivity contribution < 1.29 is 4.74 Å². The third-order valence-corrected chi connectivity index (χ3v) is 3.86. The fraction of sp³-hybridized carbons (Fsp3) is 0.0714. The van der Waals surface area contributed by atoms with Crippen LogP contribution in [-0.4, -0.2) is 12.1 Å². The van der Waals surface area contributed by atoms with Crippen molar-refractivity contribution in [3.8, 4) is 5.75 Å². The van der Waals surface area contributed by atoms with Crippen LogP contribution in [0.25, 0.3) is 0 Å². The molecule has 6 heteroatoms. The lowest BCUT2D eigenvalue weighted by atomic mass is 10.2. The molecule has 0 aromatic heterocycles. The summed E-state index contributed by atoms with van der Waals surface area (Å²) in [5.74, 6) is 0.621. The Morgan fingerprint density at radius 2 is 1.90 bits per heavy atom. The van der Waals surface area contributed by atoms with E-state index in [4.69, 9.17) is 34.3 Å². The summed E-state index contributed by atoms with van der Waals surface area (Å²) in [5.41, 5.74) is 8.21. The fourth-order valence-corrected chi connectivity index (χ4v) is 2.79. The van der Waals surface area contributed by atoms with Crippen LogP contribution in [0.5, 0.6) is 5.75 Å². The number of methoxy groups -OCH3 is 1. The first-order valence-corrected chi connectivity index (χ1v) is 7.29. The Labute approximate surface area is 136 Å². The van der Waals surface area contributed by atoms with Crippen LogP contribution in [0.1, 0.15) is 5.56 Å². The molecule has 20 heavy (non-hydrogen) atoms. The van der Waals surface area contributed by atoms with E-state index < -0.39 is 0 Å². The average molecular weight is 372 g/mol. The highest BCUT2D eigenvalue weighted by Crippen LogP contribution is 2.30. The predicted molar refractivity (Wildman–Crippen MR) is 91.3 cm³/mol. The van der Waals surface area contributed by atoms with E-state index in [0.29, 0.717) is 15.8 Å². The minimum atomic E-state index is 0.358. The Morgan fingerprint density at radius 1 is 1.25 bits per heavy atom. The van der Waals surface area contributed by atoms with Crippen molar-refractivity contribution in [2.24, 2.45) is 5.73 Å². The highest BCUT2D eigenvalue weighted by atomic mass is 79.9. The summed E-state index contributed by atoms with van der Waals surface area (Å²) in [6, 6.07) is 11.2. The Hall–Kier alpha value is -1.30. The van der Waals surface area contributed by atoms with Gasteiger partial charge in [0, 0.05) is 27.5 Å². The van der Waals surface area contributed by atoms with E-state index >= 15 is 0 Å². The van der Waals surface area contributed by atoms with E-state index in [9.17, 15) is 0 Å². The summed E-state index contributed by atoms with van der Waals surface area (Å²) in [5, 5.41) is 3.83. The lowest BCUT2D eigenvalue weighted by Crippen LogP contribution is -2.10. The average Bonchev–Trinajstić information content (AvgIpc) is 2.40. The third-order valence-electron chi connectivity index (χ3n) is 2.67. The Bertz CT molecular complexity index is 664. The molecular weight excluding hydrogens is 360 g/mol. The molecule has 0 amide bonds.